The summed E-state index contributed by atoms with van der Waals surface area (Å²) in [6, 6.07) is 0.323. The van der Waals surface area contributed by atoms with Crippen LogP contribution < -0.4 is 0 Å². The van der Waals surface area contributed by atoms with Crippen LogP contribution in [0.5, 0.6) is 0 Å². The van der Waals surface area contributed by atoms with E-state index in [0.29, 0.717) is 11.6 Å². The van der Waals surface area contributed by atoms with Crippen molar-refractivity contribution in [3.63, 3.8) is 0 Å². The number of H-pyrrole nitrogens is 1. The normalized spacial score (nSPS) is 24.8. The number of carbonyl (C=O) groups is 1. The molecule has 0 radical (unpaired) electrons. The number of amides is 1. The Morgan fingerprint density at radius 2 is 2.20 bits per heavy atom. The summed E-state index contributed by atoms with van der Waals surface area (Å²) >= 11 is 0. The highest BCUT2D eigenvalue weighted by Gasteiger charge is 2.29. The van der Waals surface area contributed by atoms with Gasteiger partial charge in [-0.1, -0.05) is 0 Å². The van der Waals surface area contributed by atoms with Gasteiger partial charge in [0, 0.05) is 38.4 Å². The van der Waals surface area contributed by atoms with E-state index in [4.69, 9.17) is 4.74 Å². The molecule has 0 bridgehead atoms. The van der Waals surface area contributed by atoms with Crippen LogP contribution in [-0.2, 0) is 4.74 Å². The molecular weight excluding hydrogens is 256 g/mol. The number of carbonyl (C=O) groups excluding carboxylic acids is 1. The molecule has 0 saturated carbocycles. The molecule has 3 rings (SSSR count). The molecular formula is C14H22N4O2. The third-order valence-corrected chi connectivity index (χ3v) is 4.21. The molecule has 6 heteroatoms. The molecule has 0 aliphatic carbocycles. The molecule has 0 aromatic carbocycles. The van der Waals surface area contributed by atoms with E-state index in [1.807, 2.05) is 4.90 Å². The van der Waals surface area contributed by atoms with E-state index in [2.05, 4.69) is 15.1 Å². The quantitative estimate of drug-likeness (QED) is 0.886. The first-order chi connectivity index (χ1) is 9.84. The maximum absolute atomic E-state index is 12.5. The Labute approximate surface area is 119 Å². The molecule has 110 valence electrons. The topological polar surface area (TPSA) is 61.5 Å². The van der Waals surface area contributed by atoms with Gasteiger partial charge < -0.3 is 9.64 Å². The SMILES string of the molecule is O=C(c1cn[nH]c1)N1CCCC[C@@H]1CN1CCOCC1. The average molecular weight is 278 g/mol. The lowest BCUT2D eigenvalue weighted by Gasteiger charge is -2.39. The third-order valence-electron chi connectivity index (χ3n) is 4.21. The van der Waals surface area contributed by atoms with Gasteiger partial charge >= 0.3 is 0 Å². The van der Waals surface area contributed by atoms with Crippen molar-refractivity contribution in [2.24, 2.45) is 0 Å². The van der Waals surface area contributed by atoms with E-state index in [-0.39, 0.29) is 5.91 Å². The first kappa shape index (κ1) is 13.6. The number of nitrogens with zero attached hydrogens (tertiary/aromatic N) is 3. The number of aromatic amines is 1. The summed E-state index contributed by atoms with van der Waals surface area (Å²) in [6.45, 7) is 5.39. The number of rotatable bonds is 3. The van der Waals surface area contributed by atoms with Crippen LogP contribution in [0.15, 0.2) is 12.4 Å². The summed E-state index contributed by atoms with van der Waals surface area (Å²) in [7, 11) is 0. The molecule has 2 saturated heterocycles. The van der Waals surface area contributed by atoms with Gasteiger partial charge in [0.15, 0.2) is 0 Å². The minimum Gasteiger partial charge on any atom is -0.379 e. The van der Waals surface area contributed by atoms with Crippen molar-refractivity contribution in [3.8, 4) is 0 Å². The number of ether oxygens (including phenoxy) is 1. The molecule has 1 aromatic rings. The van der Waals surface area contributed by atoms with E-state index >= 15 is 0 Å². The molecule has 6 nitrogen and oxygen atoms in total. The van der Waals surface area contributed by atoms with Gasteiger partial charge in [0.2, 0.25) is 0 Å². The van der Waals surface area contributed by atoms with Gasteiger partial charge in [0.1, 0.15) is 0 Å². The van der Waals surface area contributed by atoms with Crippen LogP contribution in [0.1, 0.15) is 29.6 Å². The molecule has 1 N–H and O–H groups in total. The second kappa shape index (κ2) is 6.37. The lowest BCUT2D eigenvalue weighted by atomic mass is 10.0. The molecule has 0 unspecified atom stereocenters. The predicted octanol–water partition coefficient (Wildman–Crippen LogP) is 0.737. The third kappa shape index (κ3) is 3.02. The molecule has 0 spiro atoms. The van der Waals surface area contributed by atoms with E-state index in [1.165, 1.54) is 6.42 Å². The number of aromatic nitrogens is 2. The summed E-state index contributed by atoms with van der Waals surface area (Å²) in [6.07, 6.45) is 6.71. The number of likely N-dealkylation sites (tertiary alicyclic amines) is 1. The molecule has 20 heavy (non-hydrogen) atoms. The Balaban J connectivity index is 1.65. The molecule has 2 aliphatic rings. The molecule has 2 aliphatic heterocycles. The van der Waals surface area contributed by atoms with Crippen LogP contribution in [0.25, 0.3) is 0 Å². The largest absolute Gasteiger partial charge is 0.379 e. The summed E-state index contributed by atoms with van der Waals surface area (Å²) in [5.41, 5.74) is 0.666. The summed E-state index contributed by atoms with van der Waals surface area (Å²) in [5, 5.41) is 6.60. The van der Waals surface area contributed by atoms with Gasteiger partial charge in [-0.05, 0) is 19.3 Å². The number of morpholine rings is 1. The molecule has 1 atom stereocenters. The Morgan fingerprint density at radius 1 is 1.35 bits per heavy atom. The van der Waals surface area contributed by atoms with Gasteiger partial charge in [0.25, 0.3) is 5.91 Å². The smallest absolute Gasteiger partial charge is 0.257 e. The highest BCUT2D eigenvalue weighted by molar-refractivity contribution is 5.94. The Morgan fingerprint density at radius 3 is 2.95 bits per heavy atom. The fourth-order valence-corrected chi connectivity index (χ4v) is 3.07. The minimum atomic E-state index is 0.108. The van der Waals surface area contributed by atoms with Crippen LogP contribution >= 0.6 is 0 Å². The fraction of sp³-hybridized carbons (Fsp3) is 0.714. The van der Waals surface area contributed by atoms with Crippen molar-refractivity contribution in [3.05, 3.63) is 18.0 Å². The average Bonchev–Trinajstić information content (AvgIpc) is 3.02. The predicted molar refractivity (Wildman–Crippen MR) is 74.5 cm³/mol. The van der Waals surface area contributed by atoms with Crippen molar-refractivity contribution in [2.75, 3.05) is 39.4 Å². The minimum absolute atomic E-state index is 0.108. The van der Waals surface area contributed by atoms with Crippen LogP contribution in [0.3, 0.4) is 0 Å². The Bertz CT molecular complexity index is 428. The van der Waals surface area contributed by atoms with Gasteiger partial charge in [0.05, 0.1) is 25.0 Å². The Hall–Kier alpha value is -1.40. The molecule has 1 aromatic heterocycles. The number of hydrogen-bond donors (Lipinski definition) is 1. The van der Waals surface area contributed by atoms with E-state index in [0.717, 1.165) is 52.2 Å². The van der Waals surface area contributed by atoms with Gasteiger partial charge in [-0.2, -0.15) is 5.10 Å². The summed E-state index contributed by atoms with van der Waals surface area (Å²) < 4.78 is 5.39. The lowest BCUT2D eigenvalue weighted by Crippen LogP contribution is -2.51. The van der Waals surface area contributed by atoms with Crippen LogP contribution in [0.4, 0.5) is 0 Å². The zero-order valence-electron chi connectivity index (χ0n) is 11.8. The zero-order valence-corrected chi connectivity index (χ0v) is 11.8. The van der Waals surface area contributed by atoms with E-state index in [9.17, 15) is 4.79 Å². The van der Waals surface area contributed by atoms with Gasteiger partial charge in [-0.15, -0.1) is 0 Å². The standard InChI is InChI=1S/C14H22N4O2/c19-14(12-9-15-16-10-12)18-4-2-1-3-13(18)11-17-5-7-20-8-6-17/h9-10,13H,1-8,11H2,(H,15,16)/t13-/m1/s1. The van der Waals surface area contributed by atoms with Gasteiger partial charge in [-0.25, -0.2) is 0 Å². The van der Waals surface area contributed by atoms with Crippen molar-refractivity contribution in [1.82, 2.24) is 20.0 Å². The second-order valence-corrected chi connectivity index (χ2v) is 5.55. The highest BCUT2D eigenvalue weighted by Crippen LogP contribution is 2.20. The molecule has 1 amide bonds. The van der Waals surface area contributed by atoms with Crippen LogP contribution in [-0.4, -0.2) is 71.3 Å². The number of hydrogen-bond acceptors (Lipinski definition) is 4. The van der Waals surface area contributed by atoms with Crippen molar-refractivity contribution in [1.29, 1.82) is 0 Å². The maximum atomic E-state index is 12.5. The summed E-state index contributed by atoms with van der Waals surface area (Å²) in [5.74, 6) is 0.108. The number of piperidine rings is 1. The van der Waals surface area contributed by atoms with Crippen molar-refractivity contribution in [2.45, 2.75) is 25.3 Å². The second-order valence-electron chi connectivity index (χ2n) is 5.55. The van der Waals surface area contributed by atoms with Gasteiger partial charge in [-0.3, -0.25) is 14.8 Å². The number of nitrogens with one attached hydrogen (secondary N) is 1. The van der Waals surface area contributed by atoms with E-state index in [1.54, 1.807) is 12.4 Å². The fourth-order valence-electron chi connectivity index (χ4n) is 3.07. The van der Waals surface area contributed by atoms with Crippen LogP contribution in [0.2, 0.25) is 0 Å². The first-order valence-corrected chi connectivity index (χ1v) is 7.44. The lowest BCUT2D eigenvalue weighted by molar-refractivity contribution is 0.0166. The van der Waals surface area contributed by atoms with Crippen molar-refractivity contribution < 1.29 is 9.53 Å². The summed E-state index contributed by atoms with van der Waals surface area (Å²) in [4.78, 5) is 17.0. The van der Waals surface area contributed by atoms with Crippen molar-refractivity contribution >= 4 is 5.91 Å². The first-order valence-electron chi connectivity index (χ1n) is 7.44. The highest BCUT2D eigenvalue weighted by atomic mass is 16.5. The molecule has 2 fully saturated rings. The van der Waals surface area contributed by atoms with E-state index < -0.39 is 0 Å². The molecule has 3 heterocycles. The monoisotopic (exact) mass is 278 g/mol. The Kier molecular flexibility index (Phi) is 4.32. The van der Waals surface area contributed by atoms with Crippen LogP contribution in [0, 0.1) is 0 Å². The zero-order chi connectivity index (χ0) is 13.8. The maximum Gasteiger partial charge on any atom is 0.257 e.